The number of carbonyl (C=O) groups excluding carboxylic acids is 1. The Morgan fingerprint density at radius 3 is 2.67 bits per heavy atom. The number of likely N-dealkylation sites (tertiary alicyclic amines) is 1. The first-order valence-electron chi connectivity index (χ1n) is 7.87. The van der Waals surface area contributed by atoms with Crippen LogP contribution in [-0.4, -0.2) is 53.8 Å². The molecule has 1 unspecified atom stereocenters. The van der Waals surface area contributed by atoms with Gasteiger partial charge in [0.1, 0.15) is 0 Å². The second kappa shape index (κ2) is 7.11. The average Bonchev–Trinajstić information content (AvgIpc) is 2.90. The third-order valence-electron chi connectivity index (χ3n) is 4.58. The quantitative estimate of drug-likeness (QED) is 0.812. The first-order chi connectivity index (χ1) is 9.98. The molecule has 6 heteroatoms. The second-order valence-corrected chi connectivity index (χ2v) is 6.42. The van der Waals surface area contributed by atoms with Gasteiger partial charge in [-0.2, -0.15) is 0 Å². The molecule has 2 heterocycles. The van der Waals surface area contributed by atoms with E-state index in [-0.39, 0.29) is 18.1 Å². The molecule has 0 radical (unpaired) electrons. The molecule has 2 fully saturated rings. The molecule has 2 aliphatic rings. The summed E-state index contributed by atoms with van der Waals surface area (Å²) in [5.41, 5.74) is -0.213. The highest BCUT2D eigenvalue weighted by atomic mass is 16.5. The van der Waals surface area contributed by atoms with Gasteiger partial charge in [0.2, 0.25) is 0 Å². The SMILES string of the molecule is CC1(CNC(=O)N2CCC(CCC(=O)O)CC2)CCCO1. The van der Waals surface area contributed by atoms with Gasteiger partial charge in [-0.15, -0.1) is 0 Å². The molecule has 0 saturated carbocycles. The number of carbonyl (C=O) groups is 2. The fourth-order valence-corrected chi connectivity index (χ4v) is 3.10. The number of urea groups is 1. The van der Waals surface area contributed by atoms with Gasteiger partial charge in [0.15, 0.2) is 0 Å². The van der Waals surface area contributed by atoms with Crippen LogP contribution >= 0.6 is 0 Å². The first kappa shape index (κ1) is 16.1. The smallest absolute Gasteiger partial charge is 0.317 e. The van der Waals surface area contributed by atoms with Gasteiger partial charge >= 0.3 is 12.0 Å². The molecule has 0 aromatic carbocycles. The van der Waals surface area contributed by atoms with Crippen molar-refractivity contribution in [2.45, 2.75) is 51.0 Å². The monoisotopic (exact) mass is 298 g/mol. The van der Waals surface area contributed by atoms with Crippen molar-refractivity contribution >= 4 is 12.0 Å². The van der Waals surface area contributed by atoms with E-state index in [2.05, 4.69) is 5.32 Å². The minimum Gasteiger partial charge on any atom is -0.481 e. The largest absolute Gasteiger partial charge is 0.481 e. The van der Waals surface area contributed by atoms with Gasteiger partial charge in [0.25, 0.3) is 0 Å². The first-order valence-corrected chi connectivity index (χ1v) is 7.87. The van der Waals surface area contributed by atoms with Crippen LogP contribution in [0.15, 0.2) is 0 Å². The number of carboxylic acid groups (broad SMARTS) is 1. The standard InChI is InChI=1S/C15H26N2O4/c1-15(7-2-10-21-15)11-16-14(20)17-8-5-12(6-9-17)3-4-13(18)19/h12H,2-11H2,1H3,(H,16,20)(H,18,19). The third-order valence-corrected chi connectivity index (χ3v) is 4.58. The van der Waals surface area contributed by atoms with Crippen LogP contribution in [0.1, 0.15) is 45.4 Å². The molecule has 2 rings (SSSR count). The Balaban J connectivity index is 1.67. The van der Waals surface area contributed by atoms with Gasteiger partial charge in [-0.3, -0.25) is 4.79 Å². The van der Waals surface area contributed by atoms with E-state index in [4.69, 9.17) is 9.84 Å². The van der Waals surface area contributed by atoms with Gasteiger partial charge < -0.3 is 20.1 Å². The molecule has 0 aromatic rings. The molecular formula is C15H26N2O4. The number of nitrogens with one attached hydrogen (secondary N) is 1. The van der Waals surface area contributed by atoms with Crippen molar-refractivity contribution in [2.75, 3.05) is 26.2 Å². The van der Waals surface area contributed by atoms with Crippen LogP contribution in [0, 0.1) is 5.92 Å². The molecule has 0 aliphatic carbocycles. The van der Waals surface area contributed by atoms with E-state index in [1.807, 2.05) is 11.8 Å². The Kier molecular flexibility index (Phi) is 5.45. The lowest BCUT2D eigenvalue weighted by atomic mass is 9.92. The Morgan fingerprint density at radius 1 is 1.38 bits per heavy atom. The number of carboxylic acids is 1. The lowest BCUT2D eigenvalue weighted by Crippen LogP contribution is -2.48. The molecule has 1 atom stereocenters. The molecule has 2 saturated heterocycles. The third kappa shape index (κ3) is 4.88. The zero-order valence-electron chi connectivity index (χ0n) is 12.8. The summed E-state index contributed by atoms with van der Waals surface area (Å²) in [7, 11) is 0. The van der Waals surface area contributed by atoms with E-state index in [1.54, 1.807) is 0 Å². The van der Waals surface area contributed by atoms with Gasteiger partial charge in [0.05, 0.1) is 5.60 Å². The van der Waals surface area contributed by atoms with Crippen molar-refractivity contribution in [2.24, 2.45) is 5.92 Å². The zero-order chi connectivity index (χ0) is 15.3. The Bertz CT molecular complexity index is 372. The molecule has 2 aliphatic heterocycles. The van der Waals surface area contributed by atoms with Crippen LogP contribution < -0.4 is 5.32 Å². The Hall–Kier alpha value is -1.30. The maximum atomic E-state index is 12.1. The van der Waals surface area contributed by atoms with Crippen LogP contribution in [-0.2, 0) is 9.53 Å². The van der Waals surface area contributed by atoms with Crippen molar-refractivity contribution in [3.05, 3.63) is 0 Å². The highest BCUT2D eigenvalue weighted by Crippen LogP contribution is 2.25. The fourth-order valence-electron chi connectivity index (χ4n) is 3.10. The molecule has 0 spiro atoms. The number of piperidine rings is 1. The van der Waals surface area contributed by atoms with Gasteiger partial charge in [0, 0.05) is 32.7 Å². The molecular weight excluding hydrogens is 272 g/mol. The second-order valence-electron chi connectivity index (χ2n) is 6.42. The molecule has 21 heavy (non-hydrogen) atoms. The number of ether oxygens (including phenoxy) is 1. The Morgan fingerprint density at radius 2 is 2.10 bits per heavy atom. The van der Waals surface area contributed by atoms with Crippen molar-refractivity contribution in [3.63, 3.8) is 0 Å². The van der Waals surface area contributed by atoms with Crippen LogP contribution in [0.25, 0.3) is 0 Å². The normalized spacial score (nSPS) is 26.8. The fraction of sp³-hybridized carbons (Fsp3) is 0.867. The zero-order valence-corrected chi connectivity index (χ0v) is 12.8. The summed E-state index contributed by atoms with van der Waals surface area (Å²) in [5.74, 6) is -0.305. The number of rotatable bonds is 5. The van der Waals surface area contributed by atoms with Crippen LogP contribution in [0.4, 0.5) is 4.79 Å². The summed E-state index contributed by atoms with van der Waals surface area (Å²) in [6, 6.07) is -0.0246. The van der Waals surface area contributed by atoms with Crippen molar-refractivity contribution < 1.29 is 19.4 Å². The molecule has 0 bridgehead atoms. The number of aliphatic carboxylic acids is 1. The number of amides is 2. The summed E-state index contributed by atoms with van der Waals surface area (Å²) in [4.78, 5) is 24.5. The molecule has 0 aromatic heterocycles. The molecule has 2 amide bonds. The van der Waals surface area contributed by atoms with E-state index in [9.17, 15) is 9.59 Å². The maximum absolute atomic E-state index is 12.1. The summed E-state index contributed by atoms with van der Waals surface area (Å²) >= 11 is 0. The summed E-state index contributed by atoms with van der Waals surface area (Å²) < 4.78 is 5.66. The van der Waals surface area contributed by atoms with E-state index >= 15 is 0 Å². The van der Waals surface area contributed by atoms with E-state index in [0.717, 1.165) is 38.7 Å². The van der Waals surface area contributed by atoms with Crippen molar-refractivity contribution in [3.8, 4) is 0 Å². The summed E-state index contributed by atoms with van der Waals surface area (Å²) in [6.45, 7) is 4.81. The topological polar surface area (TPSA) is 78.9 Å². The predicted molar refractivity (Wildman–Crippen MR) is 78.2 cm³/mol. The molecule has 6 nitrogen and oxygen atoms in total. The lowest BCUT2D eigenvalue weighted by molar-refractivity contribution is -0.137. The van der Waals surface area contributed by atoms with E-state index in [1.165, 1.54) is 0 Å². The minimum atomic E-state index is -0.736. The number of nitrogens with zero attached hydrogens (tertiary/aromatic N) is 1. The maximum Gasteiger partial charge on any atom is 0.317 e. The predicted octanol–water partition coefficient (Wildman–Crippen LogP) is 1.84. The highest BCUT2D eigenvalue weighted by Gasteiger charge is 2.31. The number of hydrogen-bond acceptors (Lipinski definition) is 3. The number of hydrogen-bond donors (Lipinski definition) is 2. The van der Waals surface area contributed by atoms with Crippen LogP contribution in [0.2, 0.25) is 0 Å². The summed E-state index contributed by atoms with van der Waals surface area (Å²) in [6.07, 6.45) is 4.79. The van der Waals surface area contributed by atoms with Crippen molar-refractivity contribution in [1.29, 1.82) is 0 Å². The molecule has 2 N–H and O–H groups in total. The van der Waals surface area contributed by atoms with Gasteiger partial charge in [-0.05, 0) is 44.9 Å². The van der Waals surface area contributed by atoms with Crippen molar-refractivity contribution in [1.82, 2.24) is 10.2 Å². The minimum absolute atomic E-state index is 0.0246. The Labute approximate surface area is 125 Å². The molecule has 120 valence electrons. The average molecular weight is 298 g/mol. The van der Waals surface area contributed by atoms with Crippen LogP contribution in [0.3, 0.4) is 0 Å². The van der Waals surface area contributed by atoms with Crippen LogP contribution in [0.5, 0.6) is 0 Å². The van der Waals surface area contributed by atoms with E-state index in [0.29, 0.717) is 25.6 Å². The van der Waals surface area contributed by atoms with E-state index < -0.39 is 5.97 Å². The van der Waals surface area contributed by atoms with Gasteiger partial charge in [-0.1, -0.05) is 0 Å². The van der Waals surface area contributed by atoms with Gasteiger partial charge in [-0.25, -0.2) is 4.79 Å². The lowest BCUT2D eigenvalue weighted by Gasteiger charge is -2.33. The highest BCUT2D eigenvalue weighted by molar-refractivity contribution is 5.74. The summed E-state index contributed by atoms with van der Waals surface area (Å²) in [5, 5.41) is 11.7.